The van der Waals surface area contributed by atoms with Crippen molar-refractivity contribution >= 4 is 11.6 Å². The molecule has 3 N–H and O–H groups in total. The Morgan fingerprint density at radius 3 is 3.18 bits per heavy atom. The number of ketones is 1. The number of ether oxygens (including phenoxy) is 1. The van der Waals surface area contributed by atoms with E-state index in [0.29, 0.717) is 31.0 Å². The number of pyridine rings is 1. The van der Waals surface area contributed by atoms with Gasteiger partial charge >= 0.3 is 0 Å². The standard InChI is InChI=1S/C12H17N3O2/c1-8-2-3-15-12(13)11(8)10(16)6-9-7-17-5-4-14-9/h2-3,9,14H,4-7H2,1H3,(H2,13,15). The minimum Gasteiger partial charge on any atom is -0.383 e. The van der Waals surface area contributed by atoms with Crippen molar-refractivity contribution in [2.24, 2.45) is 0 Å². The number of nitrogens with zero attached hydrogens (tertiary/aromatic N) is 1. The average molecular weight is 235 g/mol. The topological polar surface area (TPSA) is 77.2 Å². The first-order valence-electron chi connectivity index (χ1n) is 5.74. The van der Waals surface area contributed by atoms with E-state index in [2.05, 4.69) is 10.3 Å². The highest BCUT2D eigenvalue weighted by molar-refractivity contribution is 6.01. The minimum absolute atomic E-state index is 0.0242. The molecule has 0 aliphatic carbocycles. The highest BCUT2D eigenvalue weighted by atomic mass is 16.5. The number of hydrogen-bond acceptors (Lipinski definition) is 5. The van der Waals surface area contributed by atoms with Crippen LogP contribution >= 0.6 is 0 Å². The third kappa shape index (κ3) is 2.81. The number of aryl methyl sites for hydroxylation is 1. The molecule has 0 bridgehead atoms. The highest BCUT2D eigenvalue weighted by Gasteiger charge is 2.20. The number of aromatic nitrogens is 1. The van der Waals surface area contributed by atoms with Gasteiger partial charge in [-0.3, -0.25) is 4.79 Å². The quantitative estimate of drug-likeness (QED) is 0.747. The average Bonchev–Trinajstić information content (AvgIpc) is 2.30. The lowest BCUT2D eigenvalue weighted by atomic mass is 10.0. The van der Waals surface area contributed by atoms with Gasteiger partial charge in [0, 0.05) is 25.2 Å². The van der Waals surface area contributed by atoms with Crippen molar-refractivity contribution in [3.63, 3.8) is 0 Å². The van der Waals surface area contributed by atoms with Gasteiger partial charge in [0.05, 0.1) is 18.8 Å². The van der Waals surface area contributed by atoms with Crippen molar-refractivity contribution in [1.82, 2.24) is 10.3 Å². The predicted octanol–water partition coefficient (Wildman–Crippen LogP) is 0.533. The molecule has 2 rings (SSSR count). The molecule has 1 aliphatic heterocycles. The summed E-state index contributed by atoms with van der Waals surface area (Å²) >= 11 is 0. The van der Waals surface area contributed by atoms with Gasteiger partial charge in [0.25, 0.3) is 0 Å². The van der Waals surface area contributed by atoms with E-state index in [1.807, 2.05) is 6.92 Å². The van der Waals surface area contributed by atoms with Gasteiger partial charge < -0.3 is 15.8 Å². The van der Waals surface area contributed by atoms with Crippen LogP contribution in [0.4, 0.5) is 5.82 Å². The van der Waals surface area contributed by atoms with Crippen LogP contribution in [0.2, 0.25) is 0 Å². The maximum atomic E-state index is 12.1. The fourth-order valence-electron chi connectivity index (χ4n) is 2.02. The fraction of sp³-hybridized carbons (Fsp3) is 0.500. The molecular weight excluding hydrogens is 218 g/mol. The van der Waals surface area contributed by atoms with Crippen molar-refractivity contribution in [3.05, 3.63) is 23.4 Å². The van der Waals surface area contributed by atoms with Crippen LogP contribution in [-0.2, 0) is 4.74 Å². The second-order valence-electron chi connectivity index (χ2n) is 4.24. The number of hydrogen-bond donors (Lipinski definition) is 2. The summed E-state index contributed by atoms with van der Waals surface area (Å²) in [5.41, 5.74) is 7.16. The zero-order valence-corrected chi connectivity index (χ0v) is 9.90. The van der Waals surface area contributed by atoms with Crippen LogP contribution in [0.1, 0.15) is 22.3 Å². The Morgan fingerprint density at radius 2 is 2.53 bits per heavy atom. The molecule has 0 spiro atoms. The molecule has 0 aromatic carbocycles. The molecule has 0 radical (unpaired) electrons. The molecule has 5 heteroatoms. The Labute approximate surface area is 100 Å². The molecule has 0 amide bonds. The summed E-state index contributed by atoms with van der Waals surface area (Å²) in [6.45, 7) is 3.94. The molecule has 2 heterocycles. The maximum Gasteiger partial charge on any atom is 0.168 e. The SMILES string of the molecule is Cc1ccnc(N)c1C(=O)CC1COCCN1. The number of nitrogens with one attached hydrogen (secondary N) is 1. The number of morpholine rings is 1. The third-order valence-corrected chi connectivity index (χ3v) is 2.90. The second-order valence-corrected chi connectivity index (χ2v) is 4.24. The largest absolute Gasteiger partial charge is 0.383 e. The van der Waals surface area contributed by atoms with Gasteiger partial charge in [-0.15, -0.1) is 0 Å². The van der Waals surface area contributed by atoms with E-state index in [1.54, 1.807) is 12.3 Å². The Bertz CT molecular complexity index is 394. The molecule has 92 valence electrons. The number of anilines is 1. The lowest BCUT2D eigenvalue weighted by Crippen LogP contribution is -2.42. The predicted molar refractivity (Wildman–Crippen MR) is 64.9 cm³/mol. The molecule has 1 unspecified atom stereocenters. The number of Topliss-reactive ketones (excluding diaryl/α,β-unsaturated/α-hetero) is 1. The first kappa shape index (κ1) is 12.0. The van der Waals surface area contributed by atoms with Crippen LogP contribution < -0.4 is 11.1 Å². The van der Waals surface area contributed by atoms with Crippen LogP contribution in [0.15, 0.2) is 12.3 Å². The summed E-state index contributed by atoms with van der Waals surface area (Å²) in [6, 6.07) is 1.88. The van der Waals surface area contributed by atoms with E-state index in [0.717, 1.165) is 12.1 Å². The van der Waals surface area contributed by atoms with E-state index < -0.39 is 0 Å². The van der Waals surface area contributed by atoms with Gasteiger partial charge in [-0.1, -0.05) is 0 Å². The monoisotopic (exact) mass is 235 g/mol. The Morgan fingerprint density at radius 1 is 1.71 bits per heavy atom. The van der Waals surface area contributed by atoms with Gasteiger partial charge in [-0.25, -0.2) is 4.98 Å². The van der Waals surface area contributed by atoms with Crippen molar-refractivity contribution in [2.75, 3.05) is 25.5 Å². The zero-order chi connectivity index (χ0) is 12.3. The Balaban J connectivity index is 2.08. The summed E-state index contributed by atoms with van der Waals surface area (Å²) in [4.78, 5) is 16.1. The number of carbonyl (C=O) groups excluding carboxylic acids is 1. The van der Waals surface area contributed by atoms with E-state index in [1.165, 1.54) is 0 Å². The van der Waals surface area contributed by atoms with Gasteiger partial charge in [-0.05, 0) is 18.6 Å². The van der Waals surface area contributed by atoms with Crippen LogP contribution in [0.25, 0.3) is 0 Å². The fourth-order valence-corrected chi connectivity index (χ4v) is 2.02. The lowest BCUT2D eigenvalue weighted by Gasteiger charge is -2.23. The molecule has 1 aliphatic rings. The van der Waals surface area contributed by atoms with Crippen LogP contribution in [-0.4, -0.2) is 36.6 Å². The van der Waals surface area contributed by atoms with Crippen molar-refractivity contribution in [2.45, 2.75) is 19.4 Å². The number of rotatable bonds is 3. The first-order chi connectivity index (χ1) is 8.18. The van der Waals surface area contributed by atoms with Gasteiger partial charge in [0.15, 0.2) is 5.78 Å². The minimum atomic E-state index is 0.0242. The summed E-state index contributed by atoms with van der Waals surface area (Å²) in [6.07, 6.45) is 2.01. The molecule has 5 nitrogen and oxygen atoms in total. The van der Waals surface area contributed by atoms with Crippen molar-refractivity contribution < 1.29 is 9.53 Å². The normalized spacial score (nSPS) is 20.2. The van der Waals surface area contributed by atoms with Gasteiger partial charge in [0.2, 0.25) is 0 Å². The van der Waals surface area contributed by atoms with Crippen LogP contribution in [0, 0.1) is 6.92 Å². The Kier molecular flexibility index (Phi) is 3.71. The third-order valence-electron chi connectivity index (χ3n) is 2.90. The maximum absolute atomic E-state index is 12.1. The Hall–Kier alpha value is -1.46. The van der Waals surface area contributed by atoms with Crippen molar-refractivity contribution in [3.8, 4) is 0 Å². The summed E-state index contributed by atoms with van der Waals surface area (Å²) in [5.74, 6) is 0.336. The summed E-state index contributed by atoms with van der Waals surface area (Å²) in [7, 11) is 0. The molecule has 0 saturated carbocycles. The van der Waals surface area contributed by atoms with E-state index in [9.17, 15) is 4.79 Å². The van der Waals surface area contributed by atoms with Gasteiger partial charge in [0.1, 0.15) is 5.82 Å². The molecular formula is C12H17N3O2. The van der Waals surface area contributed by atoms with Gasteiger partial charge in [-0.2, -0.15) is 0 Å². The summed E-state index contributed by atoms with van der Waals surface area (Å²) < 4.78 is 5.32. The molecule has 1 aromatic heterocycles. The number of nitrogen functional groups attached to an aromatic ring is 1. The smallest absolute Gasteiger partial charge is 0.168 e. The van der Waals surface area contributed by atoms with E-state index in [-0.39, 0.29) is 11.8 Å². The molecule has 1 saturated heterocycles. The number of carbonyl (C=O) groups is 1. The molecule has 1 fully saturated rings. The highest BCUT2D eigenvalue weighted by Crippen LogP contribution is 2.17. The van der Waals surface area contributed by atoms with Crippen LogP contribution in [0.5, 0.6) is 0 Å². The van der Waals surface area contributed by atoms with Crippen LogP contribution in [0.3, 0.4) is 0 Å². The lowest BCUT2D eigenvalue weighted by molar-refractivity contribution is 0.0676. The van der Waals surface area contributed by atoms with E-state index >= 15 is 0 Å². The zero-order valence-electron chi connectivity index (χ0n) is 9.90. The second kappa shape index (κ2) is 5.25. The van der Waals surface area contributed by atoms with Crippen molar-refractivity contribution in [1.29, 1.82) is 0 Å². The molecule has 1 atom stereocenters. The molecule has 17 heavy (non-hydrogen) atoms. The summed E-state index contributed by atoms with van der Waals surface area (Å²) in [5, 5.41) is 3.25. The van der Waals surface area contributed by atoms with E-state index in [4.69, 9.17) is 10.5 Å². The molecule has 1 aromatic rings. The first-order valence-corrected chi connectivity index (χ1v) is 5.74. The number of nitrogens with two attached hydrogens (primary N) is 1.